The van der Waals surface area contributed by atoms with Crippen molar-refractivity contribution in [2.24, 2.45) is 5.92 Å². The summed E-state index contributed by atoms with van der Waals surface area (Å²) in [5.74, 6) is 0.623. The molecule has 0 fully saturated rings. The summed E-state index contributed by atoms with van der Waals surface area (Å²) >= 11 is 4.58. The van der Waals surface area contributed by atoms with E-state index in [0.717, 1.165) is 17.7 Å². The standard InChI is InChI=1S/C17H24BrFO2S/c1-3-5-6-13(4-2)12-21-17(20)9-10-22-14-7-8-15(18)16(19)11-14/h7-8,11,13H,3-6,9-10,12H2,1-2H3. The van der Waals surface area contributed by atoms with Crippen LogP contribution in [-0.2, 0) is 9.53 Å². The molecule has 0 bridgehead atoms. The van der Waals surface area contributed by atoms with Gasteiger partial charge in [-0.15, -0.1) is 11.8 Å². The van der Waals surface area contributed by atoms with Crippen LogP contribution in [-0.4, -0.2) is 18.3 Å². The van der Waals surface area contributed by atoms with Gasteiger partial charge in [-0.2, -0.15) is 0 Å². The van der Waals surface area contributed by atoms with Gasteiger partial charge in [-0.05, 0) is 46.5 Å². The summed E-state index contributed by atoms with van der Waals surface area (Å²) in [7, 11) is 0. The van der Waals surface area contributed by atoms with Gasteiger partial charge in [-0.3, -0.25) is 4.79 Å². The van der Waals surface area contributed by atoms with Crippen LogP contribution in [0.25, 0.3) is 0 Å². The molecule has 2 nitrogen and oxygen atoms in total. The van der Waals surface area contributed by atoms with Crippen molar-refractivity contribution >= 4 is 33.7 Å². The number of carbonyl (C=O) groups excluding carboxylic acids is 1. The Morgan fingerprint density at radius 1 is 1.41 bits per heavy atom. The zero-order valence-corrected chi connectivity index (χ0v) is 15.6. The number of unbranched alkanes of at least 4 members (excludes halogenated alkanes) is 1. The highest BCUT2D eigenvalue weighted by atomic mass is 79.9. The number of benzene rings is 1. The maximum absolute atomic E-state index is 13.4. The van der Waals surface area contributed by atoms with E-state index in [1.807, 2.05) is 6.07 Å². The normalized spacial score (nSPS) is 12.2. The van der Waals surface area contributed by atoms with Gasteiger partial charge in [0, 0.05) is 10.6 Å². The molecule has 0 N–H and O–H groups in total. The molecule has 1 atom stereocenters. The zero-order chi connectivity index (χ0) is 16.4. The molecule has 1 aromatic rings. The van der Waals surface area contributed by atoms with E-state index in [-0.39, 0.29) is 11.8 Å². The Bertz CT molecular complexity index is 468. The van der Waals surface area contributed by atoms with Gasteiger partial charge in [-0.25, -0.2) is 4.39 Å². The Balaban J connectivity index is 2.23. The molecule has 0 aliphatic heterocycles. The smallest absolute Gasteiger partial charge is 0.306 e. The highest BCUT2D eigenvalue weighted by molar-refractivity contribution is 9.10. The van der Waals surface area contributed by atoms with E-state index in [9.17, 15) is 9.18 Å². The van der Waals surface area contributed by atoms with E-state index in [0.29, 0.717) is 29.2 Å². The summed E-state index contributed by atoms with van der Waals surface area (Å²) in [5.41, 5.74) is 0. The van der Waals surface area contributed by atoms with Crippen LogP contribution in [0.2, 0.25) is 0 Å². The highest BCUT2D eigenvalue weighted by Gasteiger charge is 2.10. The minimum atomic E-state index is -0.283. The second-order valence-corrected chi connectivity index (χ2v) is 7.30. The van der Waals surface area contributed by atoms with Crippen molar-refractivity contribution in [1.29, 1.82) is 0 Å². The van der Waals surface area contributed by atoms with E-state index in [2.05, 4.69) is 29.8 Å². The first kappa shape index (κ1) is 19.5. The van der Waals surface area contributed by atoms with Gasteiger partial charge in [0.15, 0.2) is 0 Å². The van der Waals surface area contributed by atoms with Crippen molar-refractivity contribution in [3.8, 4) is 0 Å². The molecule has 22 heavy (non-hydrogen) atoms. The molecule has 1 unspecified atom stereocenters. The first-order valence-electron chi connectivity index (χ1n) is 7.80. The predicted molar refractivity (Wildman–Crippen MR) is 93.7 cm³/mol. The number of hydrogen-bond donors (Lipinski definition) is 0. The lowest BCUT2D eigenvalue weighted by atomic mass is 10.0. The predicted octanol–water partition coefficient (Wildman–Crippen LogP) is 5.83. The van der Waals surface area contributed by atoms with E-state index in [4.69, 9.17) is 4.74 Å². The molecule has 0 amide bonds. The average Bonchev–Trinajstić information content (AvgIpc) is 2.51. The molecule has 0 radical (unpaired) electrons. The molecule has 0 aliphatic carbocycles. The van der Waals surface area contributed by atoms with E-state index in [1.165, 1.54) is 30.7 Å². The Morgan fingerprint density at radius 3 is 2.82 bits per heavy atom. The van der Waals surface area contributed by atoms with Crippen molar-refractivity contribution < 1.29 is 13.9 Å². The Kier molecular flexibility index (Phi) is 9.80. The van der Waals surface area contributed by atoms with Crippen LogP contribution in [0.15, 0.2) is 27.6 Å². The van der Waals surface area contributed by atoms with E-state index >= 15 is 0 Å². The second kappa shape index (κ2) is 11.1. The van der Waals surface area contributed by atoms with E-state index < -0.39 is 0 Å². The van der Waals surface area contributed by atoms with Gasteiger partial charge in [0.05, 0.1) is 17.5 Å². The van der Waals surface area contributed by atoms with Gasteiger partial charge in [0.2, 0.25) is 0 Å². The molecular weight excluding hydrogens is 367 g/mol. The molecular formula is C17H24BrFO2S. The van der Waals surface area contributed by atoms with Crippen LogP contribution in [0.1, 0.15) is 46.0 Å². The van der Waals surface area contributed by atoms with Crippen LogP contribution in [0.4, 0.5) is 4.39 Å². The SMILES string of the molecule is CCCCC(CC)COC(=O)CCSc1ccc(Br)c(F)c1. The maximum Gasteiger partial charge on any atom is 0.306 e. The third-order valence-corrected chi connectivity index (χ3v) is 5.13. The zero-order valence-electron chi connectivity index (χ0n) is 13.2. The molecule has 1 rings (SSSR count). The number of thioether (sulfide) groups is 1. The fourth-order valence-corrected chi connectivity index (χ4v) is 3.10. The summed E-state index contributed by atoms with van der Waals surface area (Å²) in [4.78, 5) is 12.6. The number of rotatable bonds is 10. The topological polar surface area (TPSA) is 26.3 Å². The first-order valence-corrected chi connectivity index (χ1v) is 9.58. The van der Waals surface area contributed by atoms with Crippen molar-refractivity contribution in [2.75, 3.05) is 12.4 Å². The number of esters is 1. The minimum Gasteiger partial charge on any atom is -0.465 e. The van der Waals surface area contributed by atoms with Gasteiger partial charge in [0.1, 0.15) is 5.82 Å². The minimum absolute atomic E-state index is 0.167. The quantitative estimate of drug-likeness (QED) is 0.371. The van der Waals surface area contributed by atoms with Crippen molar-refractivity contribution in [3.05, 3.63) is 28.5 Å². The summed E-state index contributed by atoms with van der Waals surface area (Å²) in [5, 5.41) is 0. The van der Waals surface area contributed by atoms with Crippen molar-refractivity contribution in [2.45, 2.75) is 50.8 Å². The second-order valence-electron chi connectivity index (χ2n) is 5.27. The maximum atomic E-state index is 13.4. The fraction of sp³-hybridized carbons (Fsp3) is 0.588. The molecule has 0 heterocycles. The van der Waals surface area contributed by atoms with Crippen molar-refractivity contribution in [1.82, 2.24) is 0 Å². The molecule has 0 spiro atoms. The van der Waals surface area contributed by atoms with Crippen molar-refractivity contribution in [3.63, 3.8) is 0 Å². The van der Waals surface area contributed by atoms with Gasteiger partial charge in [0.25, 0.3) is 0 Å². The lowest BCUT2D eigenvalue weighted by molar-refractivity contribution is -0.144. The third kappa shape index (κ3) is 7.63. The molecule has 1 aromatic carbocycles. The molecule has 0 saturated carbocycles. The Morgan fingerprint density at radius 2 is 2.18 bits per heavy atom. The highest BCUT2D eigenvalue weighted by Crippen LogP contribution is 2.24. The number of halogens is 2. The summed E-state index contributed by atoms with van der Waals surface area (Å²) in [6, 6.07) is 4.98. The molecule has 124 valence electrons. The lowest BCUT2D eigenvalue weighted by Gasteiger charge is -2.14. The van der Waals surface area contributed by atoms with Gasteiger partial charge in [-0.1, -0.05) is 33.1 Å². The number of ether oxygens (including phenoxy) is 1. The first-order chi connectivity index (χ1) is 10.6. The van der Waals surface area contributed by atoms with Gasteiger partial charge >= 0.3 is 5.97 Å². The Labute approximate surface area is 145 Å². The molecule has 0 saturated heterocycles. The van der Waals surface area contributed by atoms with Crippen LogP contribution in [0.5, 0.6) is 0 Å². The average molecular weight is 391 g/mol. The number of hydrogen-bond acceptors (Lipinski definition) is 3. The van der Waals surface area contributed by atoms with Crippen LogP contribution >= 0.6 is 27.7 Å². The summed E-state index contributed by atoms with van der Waals surface area (Å²) in [6.07, 6.45) is 4.87. The molecule has 0 aromatic heterocycles. The lowest BCUT2D eigenvalue weighted by Crippen LogP contribution is -2.14. The number of carbonyl (C=O) groups is 1. The van der Waals surface area contributed by atoms with Crippen LogP contribution in [0, 0.1) is 11.7 Å². The fourth-order valence-electron chi connectivity index (χ4n) is 2.00. The molecule has 0 aliphatic rings. The summed E-state index contributed by atoms with van der Waals surface area (Å²) < 4.78 is 19.2. The molecule has 5 heteroatoms. The third-order valence-electron chi connectivity index (χ3n) is 3.49. The van der Waals surface area contributed by atoms with Crippen LogP contribution in [0.3, 0.4) is 0 Å². The van der Waals surface area contributed by atoms with E-state index in [1.54, 1.807) is 6.07 Å². The largest absolute Gasteiger partial charge is 0.465 e. The summed E-state index contributed by atoms with van der Waals surface area (Å²) in [6.45, 7) is 4.82. The monoisotopic (exact) mass is 390 g/mol. The Hall–Kier alpha value is -0.550. The van der Waals surface area contributed by atoms with Crippen LogP contribution < -0.4 is 0 Å². The van der Waals surface area contributed by atoms with Gasteiger partial charge < -0.3 is 4.74 Å².